The first-order chi connectivity index (χ1) is 10.2. The van der Waals surface area contributed by atoms with Crippen LogP contribution in [0.3, 0.4) is 0 Å². The minimum absolute atomic E-state index is 0.00740. The fraction of sp³-hybridized carbons (Fsp3) is 0.375. The smallest absolute Gasteiger partial charge is 0.226 e. The fourth-order valence-corrected chi connectivity index (χ4v) is 2.60. The lowest BCUT2D eigenvalue weighted by Crippen LogP contribution is -2.43. The van der Waals surface area contributed by atoms with Crippen LogP contribution in [0.5, 0.6) is 0 Å². The van der Waals surface area contributed by atoms with E-state index in [1.165, 1.54) is 0 Å². The predicted molar refractivity (Wildman–Crippen MR) is 82.3 cm³/mol. The summed E-state index contributed by atoms with van der Waals surface area (Å²) >= 11 is 0. The first-order valence-electron chi connectivity index (χ1n) is 7.19. The average molecular weight is 285 g/mol. The van der Waals surface area contributed by atoms with Crippen molar-refractivity contribution in [3.63, 3.8) is 0 Å². The lowest BCUT2D eigenvalue weighted by molar-refractivity contribution is -0.117. The number of amides is 1. The topological polar surface area (TPSA) is 63.2 Å². The number of nitrogens with one attached hydrogen (secondary N) is 2. The van der Waals surface area contributed by atoms with Crippen LogP contribution in [0.4, 0.5) is 5.69 Å². The maximum Gasteiger partial charge on any atom is 0.226 e. The molecule has 110 valence electrons. The van der Waals surface area contributed by atoms with Crippen LogP contribution in [-0.4, -0.2) is 36.7 Å². The molecule has 2 aromatic rings. The van der Waals surface area contributed by atoms with E-state index in [2.05, 4.69) is 15.6 Å². The lowest BCUT2D eigenvalue weighted by atomic mass is 10.1. The Hall–Kier alpha value is -1.98. The number of rotatable bonds is 3. The van der Waals surface area contributed by atoms with Gasteiger partial charge in [0.15, 0.2) is 0 Å². The van der Waals surface area contributed by atoms with Crippen molar-refractivity contribution in [3.8, 4) is 0 Å². The normalized spacial score (nSPS) is 18.6. The van der Waals surface area contributed by atoms with E-state index in [-0.39, 0.29) is 11.9 Å². The van der Waals surface area contributed by atoms with Crippen LogP contribution in [0, 0.1) is 6.92 Å². The number of hydrogen-bond donors (Lipinski definition) is 2. The molecular formula is C16H19N3O2. The van der Waals surface area contributed by atoms with Gasteiger partial charge in [0, 0.05) is 30.6 Å². The average Bonchev–Trinajstić information content (AvgIpc) is 2.51. The first kappa shape index (κ1) is 14.0. The number of carbonyl (C=O) groups is 1. The van der Waals surface area contributed by atoms with Gasteiger partial charge in [-0.15, -0.1) is 0 Å². The first-order valence-corrected chi connectivity index (χ1v) is 7.19. The van der Waals surface area contributed by atoms with Gasteiger partial charge in [-0.05, 0) is 30.7 Å². The van der Waals surface area contributed by atoms with Gasteiger partial charge in [-0.25, -0.2) is 0 Å². The molecule has 1 aliphatic rings. The second kappa shape index (κ2) is 6.20. The molecular weight excluding hydrogens is 266 g/mol. The van der Waals surface area contributed by atoms with Crippen LogP contribution < -0.4 is 10.6 Å². The minimum atomic E-state index is -0.00740. The summed E-state index contributed by atoms with van der Waals surface area (Å²) in [5, 5.41) is 7.24. The number of carbonyl (C=O) groups excluding carboxylic acids is 1. The van der Waals surface area contributed by atoms with E-state index >= 15 is 0 Å². The fourth-order valence-electron chi connectivity index (χ4n) is 2.60. The van der Waals surface area contributed by atoms with Crippen molar-refractivity contribution in [2.24, 2.45) is 0 Å². The maximum atomic E-state index is 12.2. The molecule has 5 nitrogen and oxygen atoms in total. The molecule has 1 saturated heterocycles. The third kappa shape index (κ3) is 3.20. The molecule has 1 aromatic heterocycles. The molecule has 2 heterocycles. The SMILES string of the molecule is Cc1ccc(NC(=O)CC2COCCN2)c2cccnc12. The van der Waals surface area contributed by atoms with Crippen molar-refractivity contribution in [3.05, 3.63) is 36.0 Å². The highest BCUT2D eigenvalue weighted by Gasteiger charge is 2.17. The van der Waals surface area contributed by atoms with Gasteiger partial charge < -0.3 is 15.4 Å². The Morgan fingerprint density at radius 1 is 1.48 bits per heavy atom. The zero-order chi connectivity index (χ0) is 14.7. The number of pyridine rings is 1. The number of benzene rings is 1. The minimum Gasteiger partial charge on any atom is -0.378 e. The summed E-state index contributed by atoms with van der Waals surface area (Å²) in [5.74, 6) is -0.00740. The number of ether oxygens (including phenoxy) is 1. The number of fused-ring (bicyclic) bond motifs is 1. The number of aryl methyl sites for hydroxylation is 1. The summed E-state index contributed by atoms with van der Waals surface area (Å²) < 4.78 is 5.37. The Balaban J connectivity index is 1.75. The van der Waals surface area contributed by atoms with Gasteiger partial charge in [-0.2, -0.15) is 0 Å². The predicted octanol–water partition coefficient (Wildman–Crippen LogP) is 1.86. The summed E-state index contributed by atoms with van der Waals surface area (Å²) in [7, 11) is 0. The van der Waals surface area contributed by atoms with Gasteiger partial charge in [0.25, 0.3) is 0 Å². The summed E-state index contributed by atoms with van der Waals surface area (Å²) in [6, 6.07) is 7.86. The van der Waals surface area contributed by atoms with E-state index < -0.39 is 0 Å². The van der Waals surface area contributed by atoms with E-state index in [1.54, 1.807) is 6.20 Å². The zero-order valence-corrected chi connectivity index (χ0v) is 12.1. The summed E-state index contributed by atoms with van der Waals surface area (Å²) in [6.07, 6.45) is 2.18. The number of hydrogen-bond acceptors (Lipinski definition) is 4. The van der Waals surface area contributed by atoms with Gasteiger partial charge in [-0.1, -0.05) is 6.07 Å². The highest BCUT2D eigenvalue weighted by Crippen LogP contribution is 2.24. The standard InChI is InChI=1S/C16H19N3O2/c1-11-4-5-14(13-3-2-6-18-16(11)13)19-15(20)9-12-10-21-8-7-17-12/h2-6,12,17H,7-10H2,1H3,(H,19,20). The highest BCUT2D eigenvalue weighted by molar-refractivity contribution is 6.01. The molecule has 0 radical (unpaired) electrons. The van der Waals surface area contributed by atoms with Crippen LogP contribution in [0.15, 0.2) is 30.5 Å². The lowest BCUT2D eigenvalue weighted by Gasteiger charge is -2.23. The van der Waals surface area contributed by atoms with E-state index in [0.717, 1.165) is 28.7 Å². The summed E-state index contributed by atoms with van der Waals surface area (Å²) in [5.41, 5.74) is 2.84. The molecule has 1 unspecified atom stereocenters. The largest absolute Gasteiger partial charge is 0.378 e. The summed E-state index contributed by atoms with van der Waals surface area (Å²) in [4.78, 5) is 16.6. The molecule has 3 rings (SSSR count). The van der Waals surface area contributed by atoms with Gasteiger partial charge in [0.2, 0.25) is 5.91 Å². The number of morpholine rings is 1. The summed E-state index contributed by atoms with van der Waals surface area (Å²) in [6.45, 7) is 4.12. The van der Waals surface area contributed by atoms with E-state index in [9.17, 15) is 4.79 Å². The Morgan fingerprint density at radius 3 is 3.19 bits per heavy atom. The van der Waals surface area contributed by atoms with Gasteiger partial charge in [-0.3, -0.25) is 9.78 Å². The highest BCUT2D eigenvalue weighted by atomic mass is 16.5. The van der Waals surface area contributed by atoms with Crippen LogP contribution in [0.25, 0.3) is 10.9 Å². The van der Waals surface area contributed by atoms with Crippen LogP contribution in [0.2, 0.25) is 0 Å². The number of aromatic nitrogens is 1. The van der Waals surface area contributed by atoms with Crippen molar-refractivity contribution in [2.75, 3.05) is 25.1 Å². The monoisotopic (exact) mass is 285 g/mol. The number of nitrogens with zero attached hydrogens (tertiary/aromatic N) is 1. The van der Waals surface area contributed by atoms with E-state index in [4.69, 9.17) is 4.74 Å². The molecule has 1 atom stereocenters. The second-order valence-electron chi connectivity index (χ2n) is 5.31. The van der Waals surface area contributed by atoms with Crippen LogP contribution in [0.1, 0.15) is 12.0 Å². The van der Waals surface area contributed by atoms with Crippen molar-refractivity contribution >= 4 is 22.5 Å². The third-order valence-electron chi connectivity index (χ3n) is 3.68. The Morgan fingerprint density at radius 2 is 2.38 bits per heavy atom. The van der Waals surface area contributed by atoms with Crippen molar-refractivity contribution < 1.29 is 9.53 Å². The molecule has 2 N–H and O–H groups in total. The molecule has 1 aliphatic heterocycles. The zero-order valence-electron chi connectivity index (χ0n) is 12.1. The van der Waals surface area contributed by atoms with Crippen molar-refractivity contribution in [1.82, 2.24) is 10.3 Å². The maximum absolute atomic E-state index is 12.2. The molecule has 1 aromatic carbocycles. The second-order valence-corrected chi connectivity index (χ2v) is 5.31. The van der Waals surface area contributed by atoms with Crippen LogP contribution in [-0.2, 0) is 9.53 Å². The molecule has 21 heavy (non-hydrogen) atoms. The molecule has 0 bridgehead atoms. The van der Waals surface area contributed by atoms with Gasteiger partial charge in [0.05, 0.1) is 24.4 Å². The van der Waals surface area contributed by atoms with Crippen LogP contribution >= 0.6 is 0 Å². The van der Waals surface area contributed by atoms with E-state index in [0.29, 0.717) is 19.6 Å². The quantitative estimate of drug-likeness (QED) is 0.903. The van der Waals surface area contributed by atoms with Gasteiger partial charge in [0.1, 0.15) is 0 Å². The Labute approximate surface area is 123 Å². The van der Waals surface area contributed by atoms with Gasteiger partial charge >= 0.3 is 0 Å². The van der Waals surface area contributed by atoms with E-state index in [1.807, 2.05) is 31.2 Å². The molecule has 1 fully saturated rings. The Kier molecular flexibility index (Phi) is 4.13. The Bertz CT molecular complexity index is 651. The third-order valence-corrected chi connectivity index (χ3v) is 3.68. The molecule has 5 heteroatoms. The molecule has 0 saturated carbocycles. The van der Waals surface area contributed by atoms with Crippen molar-refractivity contribution in [1.29, 1.82) is 0 Å². The molecule has 1 amide bonds. The molecule has 0 aliphatic carbocycles. The van der Waals surface area contributed by atoms with Crippen molar-refractivity contribution in [2.45, 2.75) is 19.4 Å². The molecule has 0 spiro atoms. The number of anilines is 1.